The van der Waals surface area contributed by atoms with Crippen molar-refractivity contribution in [1.82, 2.24) is 14.9 Å². The van der Waals surface area contributed by atoms with Gasteiger partial charge in [-0.2, -0.15) is 0 Å². The van der Waals surface area contributed by atoms with E-state index in [1.54, 1.807) is 30.3 Å². The number of ether oxygens (including phenoxy) is 1. The van der Waals surface area contributed by atoms with E-state index in [1.165, 1.54) is 27.6 Å². The third kappa shape index (κ3) is 4.13. The Morgan fingerprint density at radius 1 is 1.13 bits per heavy atom. The molecular formula is C22H19ClN4O3S. The van der Waals surface area contributed by atoms with E-state index in [2.05, 4.69) is 16.3 Å². The van der Waals surface area contributed by atoms with Crippen LogP contribution in [0.15, 0.2) is 56.8 Å². The average Bonchev–Trinajstić information content (AvgIpc) is 3.36. The van der Waals surface area contributed by atoms with Gasteiger partial charge in [0.05, 0.1) is 0 Å². The molecule has 2 heterocycles. The summed E-state index contributed by atoms with van der Waals surface area (Å²) in [4.78, 5) is 12.1. The van der Waals surface area contributed by atoms with Crippen LogP contribution in [-0.2, 0) is 25.2 Å². The Labute approximate surface area is 187 Å². The number of aryl methyl sites for hydroxylation is 2. The fourth-order valence-electron chi connectivity index (χ4n) is 3.74. The second kappa shape index (κ2) is 8.28. The average molecular weight is 455 g/mol. The number of benzene rings is 2. The van der Waals surface area contributed by atoms with Gasteiger partial charge in [0.2, 0.25) is 5.16 Å². The van der Waals surface area contributed by atoms with Gasteiger partial charge in [-0.3, -0.25) is 0 Å². The van der Waals surface area contributed by atoms with E-state index in [-0.39, 0.29) is 12.2 Å². The molecule has 2 aromatic heterocycles. The molecule has 9 heteroatoms. The van der Waals surface area contributed by atoms with Crippen LogP contribution in [0, 0.1) is 0 Å². The molecule has 0 saturated heterocycles. The monoisotopic (exact) mass is 454 g/mol. The summed E-state index contributed by atoms with van der Waals surface area (Å²) in [6.07, 6.45) is 3.23. The zero-order chi connectivity index (χ0) is 21.4. The van der Waals surface area contributed by atoms with Crippen molar-refractivity contribution in [3.05, 3.63) is 80.4 Å². The Bertz CT molecular complexity index is 1320. The number of nitrogen functional groups attached to an aromatic ring is 1. The van der Waals surface area contributed by atoms with Gasteiger partial charge in [0.25, 0.3) is 0 Å². The van der Waals surface area contributed by atoms with Crippen LogP contribution in [0.25, 0.3) is 11.0 Å². The second-order valence-electron chi connectivity index (χ2n) is 7.36. The fraction of sp³-hybridized carbons (Fsp3) is 0.227. The predicted octanol–water partition coefficient (Wildman–Crippen LogP) is 4.11. The molecule has 1 aliphatic carbocycles. The van der Waals surface area contributed by atoms with Crippen LogP contribution in [0.2, 0.25) is 5.02 Å². The Morgan fingerprint density at radius 2 is 1.90 bits per heavy atom. The lowest BCUT2D eigenvalue weighted by atomic mass is 10.0. The smallest absolute Gasteiger partial charge is 0.336 e. The van der Waals surface area contributed by atoms with Gasteiger partial charge in [-0.05, 0) is 72.4 Å². The topological polar surface area (TPSA) is 96.2 Å². The number of nitrogens with two attached hydrogens (primary N) is 1. The zero-order valence-corrected chi connectivity index (χ0v) is 18.1. The number of halogens is 1. The molecule has 31 heavy (non-hydrogen) atoms. The van der Waals surface area contributed by atoms with Gasteiger partial charge in [-0.15, -0.1) is 10.2 Å². The summed E-state index contributed by atoms with van der Waals surface area (Å²) in [6.45, 7) is 0.176. The molecule has 158 valence electrons. The maximum Gasteiger partial charge on any atom is 0.336 e. The lowest BCUT2D eigenvalue weighted by molar-refractivity contribution is 0.291. The highest BCUT2D eigenvalue weighted by Crippen LogP contribution is 2.31. The van der Waals surface area contributed by atoms with Gasteiger partial charge in [-0.1, -0.05) is 23.4 Å². The molecule has 0 atom stereocenters. The highest BCUT2D eigenvalue weighted by atomic mass is 35.5. The lowest BCUT2D eigenvalue weighted by Crippen LogP contribution is -2.15. The highest BCUT2D eigenvalue weighted by Gasteiger charge is 2.17. The van der Waals surface area contributed by atoms with Crippen LogP contribution in [0.3, 0.4) is 0 Å². The molecule has 0 aliphatic heterocycles. The van der Waals surface area contributed by atoms with E-state index in [9.17, 15) is 4.79 Å². The molecule has 0 bridgehead atoms. The summed E-state index contributed by atoms with van der Waals surface area (Å²) >= 11 is 7.30. The minimum Gasteiger partial charge on any atom is -0.486 e. The van der Waals surface area contributed by atoms with Crippen molar-refractivity contribution in [3.63, 3.8) is 0 Å². The first-order valence-corrected chi connectivity index (χ1v) is 11.2. The Hall–Kier alpha value is -2.97. The lowest BCUT2D eigenvalue weighted by Gasteiger charge is -2.08. The summed E-state index contributed by atoms with van der Waals surface area (Å²) < 4.78 is 12.5. The van der Waals surface area contributed by atoms with Crippen LogP contribution in [0.1, 0.15) is 28.9 Å². The predicted molar refractivity (Wildman–Crippen MR) is 120 cm³/mol. The molecule has 0 spiro atoms. The molecule has 2 N–H and O–H groups in total. The maximum absolute atomic E-state index is 12.1. The molecule has 0 unspecified atom stereocenters. The van der Waals surface area contributed by atoms with Crippen LogP contribution in [-0.4, -0.2) is 14.9 Å². The quantitative estimate of drug-likeness (QED) is 0.266. The molecule has 0 amide bonds. The van der Waals surface area contributed by atoms with E-state index in [1.807, 2.05) is 6.07 Å². The summed E-state index contributed by atoms with van der Waals surface area (Å²) in [5.41, 5.74) is 3.78. The van der Waals surface area contributed by atoms with E-state index >= 15 is 0 Å². The van der Waals surface area contributed by atoms with Crippen LogP contribution >= 0.6 is 23.4 Å². The van der Waals surface area contributed by atoms with Crippen molar-refractivity contribution in [2.75, 3.05) is 5.84 Å². The molecule has 0 fully saturated rings. The van der Waals surface area contributed by atoms with Gasteiger partial charge >= 0.3 is 5.63 Å². The molecule has 7 nitrogen and oxygen atoms in total. The number of thioether (sulfide) groups is 1. The first kappa shape index (κ1) is 20.0. The maximum atomic E-state index is 12.1. The normalized spacial score (nSPS) is 12.9. The van der Waals surface area contributed by atoms with Crippen LogP contribution in [0.5, 0.6) is 5.75 Å². The first-order chi connectivity index (χ1) is 15.1. The Morgan fingerprint density at radius 3 is 2.71 bits per heavy atom. The molecule has 1 aliphatic rings. The first-order valence-electron chi connectivity index (χ1n) is 9.86. The van der Waals surface area contributed by atoms with Crippen LogP contribution in [0.4, 0.5) is 0 Å². The van der Waals surface area contributed by atoms with E-state index in [4.69, 9.17) is 26.6 Å². The van der Waals surface area contributed by atoms with Gasteiger partial charge in [-0.25, -0.2) is 9.47 Å². The molecule has 5 rings (SSSR count). The van der Waals surface area contributed by atoms with Crippen molar-refractivity contribution in [1.29, 1.82) is 0 Å². The summed E-state index contributed by atoms with van der Waals surface area (Å²) in [7, 11) is 0. The summed E-state index contributed by atoms with van der Waals surface area (Å²) in [5, 5.41) is 10.4. The second-order valence-corrected chi connectivity index (χ2v) is 8.74. The van der Waals surface area contributed by atoms with Gasteiger partial charge < -0.3 is 15.0 Å². The molecule has 0 saturated carbocycles. The fourth-order valence-corrected chi connectivity index (χ4v) is 4.73. The minimum atomic E-state index is -0.354. The SMILES string of the molecule is Nn1c(COc2ccc(Cl)cc2)nnc1SCc1cc(=O)oc2cc3c(cc12)CCC3. The molecular weight excluding hydrogens is 436 g/mol. The van der Waals surface area contributed by atoms with Gasteiger partial charge in [0.1, 0.15) is 17.9 Å². The Balaban J connectivity index is 1.33. The number of hydrogen-bond acceptors (Lipinski definition) is 7. The minimum absolute atomic E-state index is 0.176. The van der Waals surface area contributed by atoms with Crippen molar-refractivity contribution in [3.8, 4) is 5.75 Å². The Kier molecular flexibility index (Phi) is 5.33. The largest absolute Gasteiger partial charge is 0.486 e. The molecule has 2 aromatic carbocycles. The summed E-state index contributed by atoms with van der Waals surface area (Å²) in [6, 6.07) is 12.7. The van der Waals surface area contributed by atoms with E-state index in [0.29, 0.717) is 33.1 Å². The highest BCUT2D eigenvalue weighted by molar-refractivity contribution is 7.98. The number of aromatic nitrogens is 3. The van der Waals surface area contributed by atoms with Gasteiger partial charge in [0.15, 0.2) is 5.82 Å². The van der Waals surface area contributed by atoms with Crippen LogP contribution < -0.4 is 16.2 Å². The van der Waals surface area contributed by atoms with Crippen molar-refractivity contribution in [2.45, 2.75) is 36.8 Å². The van der Waals surface area contributed by atoms with Crippen molar-refractivity contribution in [2.24, 2.45) is 0 Å². The van der Waals surface area contributed by atoms with Crippen molar-refractivity contribution < 1.29 is 9.15 Å². The number of fused-ring (bicyclic) bond motifs is 2. The number of nitrogens with zero attached hydrogens (tertiary/aromatic N) is 3. The zero-order valence-electron chi connectivity index (χ0n) is 16.5. The summed E-state index contributed by atoms with van der Waals surface area (Å²) in [5.74, 6) is 7.84. The third-order valence-electron chi connectivity index (χ3n) is 5.32. The molecule has 0 radical (unpaired) electrons. The van der Waals surface area contributed by atoms with Gasteiger partial charge in [0, 0.05) is 22.2 Å². The number of rotatable bonds is 6. The van der Waals surface area contributed by atoms with E-state index < -0.39 is 0 Å². The number of hydrogen-bond donors (Lipinski definition) is 1. The third-order valence-corrected chi connectivity index (χ3v) is 6.56. The standard InChI is InChI=1S/C22H19ClN4O3S/c23-16-4-6-17(7-5-16)29-11-20-25-26-22(27(20)24)31-12-15-10-21(28)30-19-9-14-3-1-2-13(14)8-18(15)19/h4-10H,1-3,11-12,24H2. The van der Waals surface area contributed by atoms with E-state index in [0.717, 1.165) is 30.2 Å². The molecule has 4 aromatic rings. The van der Waals surface area contributed by atoms with Crippen molar-refractivity contribution >= 4 is 34.3 Å².